The number of thioether (sulfide) groups is 1. The third-order valence-corrected chi connectivity index (χ3v) is 5.45. The van der Waals surface area contributed by atoms with Crippen molar-refractivity contribution in [3.8, 4) is 0 Å². The highest BCUT2D eigenvalue weighted by Crippen LogP contribution is 2.21. The van der Waals surface area contributed by atoms with Gasteiger partial charge in [0.15, 0.2) is 5.16 Å². The molecule has 26 heavy (non-hydrogen) atoms. The predicted octanol–water partition coefficient (Wildman–Crippen LogP) is 3.80. The Balaban J connectivity index is 1.51. The van der Waals surface area contributed by atoms with Crippen molar-refractivity contribution < 1.29 is 4.79 Å². The lowest BCUT2D eigenvalue weighted by atomic mass is 10.0. The first-order valence-electron chi connectivity index (χ1n) is 9.16. The first-order valence-corrected chi connectivity index (χ1v) is 10.1. The van der Waals surface area contributed by atoms with Crippen molar-refractivity contribution in [2.24, 2.45) is 0 Å². The van der Waals surface area contributed by atoms with E-state index < -0.39 is 0 Å². The van der Waals surface area contributed by atoms with Gasteiger partial charge in [-0.3, -0.25) is 4.79 Å². The summed E-state index contributed by atoms with van der Waals surface area (Å²) in [6.45, 7) is 5.98. The van der Waals surface area contributed by atoms with Gasteiger partial charge in [-0.05, 0) is 42.5 Å². The van der Waals surface area contributed by atoms with E-state index in [4.69, 9.17) is 0 Å². The van der Waals surface area contributed by atoms with E-state index in [9.17, 15) is 4.79 Å². The maximum atomic E-state index is 12.5. The van der Waals surface area contributed by atoms with Crippen LogP contribution in [0.1, 0.15) is 38.2 Å². The van der Waals surface area contributed by atoms with Gasteiger partial charge in [0.2, 0.25) is 5.91 Å². The van der Waals surface area contributed by atoms with Gasteiger partial charge in [-0.1, -0.05) is 37.7 Å². The fourth-order valence-electron chi connectivity index (χ4n) is 3.10. The van der Waals surface area contributed by atoms with Crippen LogP contribution in [-0.4, -0.2) is 45.7 Å². The zero-order valence-electron chi connectivity index (χ0n) is 15.4. The Hall–Kier alpha value is -2.08. The van der Waals surface area contributed by atoms with Crippen LogP contribution in [0.5, 0.6) is 0 Å². The Kier molecular flexibility index (Phi) is 6.50. The van der Waals surface area contributed by atoms with Gasteiger partial charge in [0.1, 0.15) is 0 Å². The second-order valence-corrected chi connectivity index (χ2v) is 7.86. The smallest absolute Gasteiger partial charge is 0.233 e. The molecule has 138 valence electrons. The van der Waals surface area contributed by atoms with Crippen LogP contribution < -0.4 is 5.32 Å². The highest BCUT2D eigenvalue weighted by atomic mass is 32.2. The summed E-state index contributed by atoms with van der Waals surface area (Å²) in [6, 6.07) is 10.7. The van der Waals surface area contributed by atoms with Gasteiger partial charge in [-0.25, -0.2) is 9.97 Å². The zero-order valence-corrected chi connectivity index (χ0v) is 16.2. The molecular weight excluding hydrogens is 344 g/mol. The van der Waals surface area contributed by atoms with Gasteiger partial charge in [-0.2, -0.15) is 0 Å². The molecule has 1 aliphatic heterocycles. The standard InChI is InChI=1S/C20H26N4OS/c1-15(2)16-6-8-17(9-7-16)23-18-5-3-12-24(13-18)19(25)14-26-20-21-10-4-11-22-20/h4,6-11,15,18,23H,3,5,12-14H2,1-2H3/t18-/m0/s1. The lowest BCUT2D eigenvalue weighted by Crippen LogP contribution is -2.45. The van der Waals surface area contributed by atoms with E-state index >= 15 is 0 Å². The Morgan fingerprint density at radius 1 is 1.27 bits per heavy atom. The minimum absolute atomic E-state index is 0.157. The number of hydrogen-bond donors (Lipinski definition) is 1. The van der Waals surface area contributed by atoms with Gasteiger partial charge < -0.3 is 10.2 Å². The minimum Gasteiger partial charge on any atom is -0.381 e. The molecule has 0 aliphatic carbocycles. The first-order chi connectivity index (χ1) is 12.6. The molecule has 2 heterocycles. The van der Waals surface area contributed by atoms with Crippen molar-refractivity contribution in [3.63, 3.8) is 0 Å². The molecule has 0 bridgehead atoms. The molecule has 0 unspecified atom stereocenters. The molecule has 1 aliphatic rings. The molecule has 1 atom stereocenters. The molecule has 2 aromatic rings. The van der Waals surface area contributed by atoms with Crippen LogP contribution in [-0.2, 0) is 4.79 Å². The summed E-state index contributed by atoms with van der Waals surface area (Å²) < 4.78 is 0. The Morgan fingerprint density at radius 3 is 2.69 bits per heavy atom. The SMILES string of the molecule is CC(C)c1ccc(N[C@H]2CCCN(C(=O)CSc3ncccn3)C2)cc1. The second-order valence-electron chi connectivity index (χ2n) is 6.92. The van der Waals surface area contributed by atoms with Crippen LogP contribution in [0.15, 0.2) is 47.9 Å². The first kappa shape index (κ1) is 18.7. The lowest BCUT2D eigenvalue weighted by molar-refractivity contribution is -0.129. The van der Waals surface area contributed by atoms with Gasteiger partial charge in [0.05, 0.1) is 5.75 Å². The van der Waals surface area contributed by atoms with E-state index in [-0.39, 0.29) is 5.91 Å². The van der Waals surface area contributed by atoms with Crippen LogP contribution in [0.3, 0.4) is 0 Å². The summed E-state index contributed by atoms with van der Waals surface area (Å²) in [5.74, 6) is 1.09. The fraction of sp³-hybridized carbons (Fsp3) is 0.450. The van der Waals surface area contributed by atoms with Crippen molar-refractivity contribution in [2.45, 2.75) is 43.8 Å². The number of hydrogen-bond acceptors (Lipinski definition) is 5. The number of likely N-dealkylation sites (tertiary alicyclic amines) is 1. The molecule has 6 heteroatoms. The second kappa shape index (κ2) is 9.03. The quantitative estimate of drug-likeness (QED) is 0.619. The molecule has 5 nitrogen and oxygen atoms in total. The zero-order chi connectivity index (χ0) is 18.4. The van der Waals surface area contributed by atoms with Crippen molar-refractivity contribution in [2.75, 3.05) is 24.2 Å². The molecule has 1 fully saturated rings. The van der Waals surface area contributed by atoms with E-state index in [2.05, 4.69) is 53.4 Å². The number of amides is 1. The van der Waals surface area contributed by atoms with Crippen LogP contribution in [0.4, 0.5) is 5.69 Å². The van der Waals surface area contributed by atoms with E-state index in [1.54, 1.807) is 18.5 Å². The number of carbonyl (C=O) groups excluding carboxylic acids is 1. The number of anilines is 1. The van der Waals surface area contributed by atoms with Crippen molar-refractivity contribution >= 4 is 23.4 Å². The summed E-state index contributed by atoms with van der Waals surface area (Å²) in [7, 11) is 0. The number of nitrogens with one attached hydrogen (secondary N) is 1. The van der Waals surface area contributed by atoms with E-state index in [0.717, 1.165) is 31.6 Å². The molecule has 1 aromatic carbocycles. The molecule has 1 aromatic heterocycles. The van der Waals surface area contributed by atoms with Gasteiger partial charge in [-0.15, -0.1) is 0 Å². The molecule has 3 rings (SSSR count). The number of aromatic nitrogens is 2. The fourth-order valence-corrected chi connectivity index (χ4v) is 3.80. The third kappa shape index (κ3) is 5.21. The summed E-state index contributed by atoms with van der Waals surface area (Å²) in [4.78, 5) is 22.8. The Bertz CT molecular complexity index is 706. The summed E-state index contributed by atoms with van der Waals surface area (Å²) in [5, 5.41) is 4.23. The molecule has 0 spiro atoms. The summed E-state index contributed by atoms with van der Waals surface area (Å²) in [5.41, 5.74) is 2.47. The van der Waals surface area contributed by atoms with Crippen LogP contribution in [0.25, 0.3) is 0 Å². The average molecular weight is 371 g/mol. The third-order valence-electron chi connectivity index (χ3n) is 4.59. The maximum absolute atomic E-state index is 12.5. The number of rotatable bonds is 6. The van der Waals surface area contributed by atoms with Gasteiger partial charge in [0, 0.05) is 37.2 Å². The molecule has 1 N–H and O–H groups in total. The van der Waals surface area contributed by atoms with E-state index in [0.29, 0.717) is 22.9 Å². The number of piperidine rings is 1. The maximum Gasteiger partial charge on any atom is 0.233 e. The summed E-state index contributed by atoms with van der Waals surface area (Å²) in [6.07, 6.45) is 5.51. The predicted molar refractivity (Wildman–Crippen MR) is 107 cm³/mol. The normalized spacial score (nSPS) is 17.3. The molecular formula is C20H26N4OS. The van der Waals surface area contributed by atoms with Gasteiger partial charge >= 0.3 is 0 Å². The lowest BCUT2D eigenvalue weighted by Gasteiger charge is -2.33. The number of carbonyl (C=O) groups is 1. The molecule has 0 saturated carbocycles. The Morgan fingerprint density at radius 2 is 2.00 bits per heavy atom. The minimum atomic E-state index is 0.157. The molecule has 1 saturated heterocycles. The number of nitrogens with zero attached hydrogens (tertiary/aromatic N) is 3. The van der Waals surface area contributed by atoms with Crippen molar-refractivity contribution in [3.05, 3.63) is 48.3 Å². The molecule has 0 radical (unpaired) electrons. The highest BCUT2D eigenvalue weighted by Gasteiger charge is 2.23. The van der Waals surface area contributed by atoms with Crippen LogP contribution in [0.2, 0.25) is 0 Å². The van der Waals surface area contributed by atoms with E-state index in [1.165, 1.54) is 17.3 Å². The summed E-state index contributed by atoms with van der Waals surface area (Å²) >= 11 is 1.40. The van der Waals surface area contributed by atoms with Crippen molar-refractivity contribution in [1.29, 1.82) is 0 Å². The van der Waals surface area contributed by atoms with Crippen molar-refractivity contribution in [1.82, 2.24) is 14.9 Å². The monoisotopic (exact) mass is 370 g/mol. The van der Waals surface area contributed by atoms with E-state index in [1.807, 2.05) is 4.90 Å². The molecule has 1 amide bonds. The average Bonchev–Trinajstić information content (AvgIpc) is 2.67. The highest BCUT2D eigenvalue weighted by molar-refractivity contribution is 7.99. The Labute approximate surface area is 159 Å². The van der Waals surface area contributed by atoms with Crippen LogP contribution in [0, 0.1) is 0 Å². The van der Waals surface area contributed by atoms with Crippen LogP contribution >= 0.6 is 11.8 Å². The topological polar surface area (TPSA) is 58.1 Å². The number of benzene rings is 1. The largest absolute Gasteiger partial charge is 0.381 e. The van der Waals surface area contributed by atoms with Gasteiger partial charge in [0.25, 0.3) is 0 Å².